The van der Waals surface area contributed by atoms with Crippen LogP contribution in [0.1, 0.15) is 17.5 Å². The van der Waals surface area contributed by atoms with Crippen molar-refractivity contribution in [1.82, 2.24) is 14.7 Å². The molecule has 0 aliphatic carbocycles. The van der Waals surface area contributed by atoms with Gasteiger partial charge in [-0.2, -0.15) is 10.4 Å². The summed E-state index contributed by atoms with van der Waals surface area (Å²) in [4.78, 5) is 29.2. The largest absolute Gasteiger partial charge is 0.497 e. The summed E-state index contributed by atoms with van der Waals surface area (Å²) in [6, 6.07) is 22.5. The number of ether oxygens (including phenoxy) is 3. The summed E-state index contributed by atoms with van der Waals surface area (Å²) in [6.07, 6.45) is 3.44. The van der Waals surface area contributed by atoms with Gasteiger partial charge in [0, 0.05) is 22.9 Å². The smallest absolute Gasteiger partial charge is 0.272 e. The lowest BCUT2D eigenvalue weighted by atomic mass is 9.86. The van der Waals surface area contributed by atoms with Crippen LogP contribution in [-0.4, -0.2) is 73.8 Å². The predicted octanol–water partition coefficient (Wildman–Crippen LogP) is 4.48. The maximum Gasteiger partial charge on any atom is 0.272 e. The van der Waals surface area contributed by atoms with Crippen LogP contribution in [0.3, 0.4) is 0 Å². The normalized spacial score (nSPS) is 18.4. The Kier molecular flexibility index (Phi) is 8.40. The molecule has 47 heavy (non-hydrogen) atoms. The summed E-state index contributed by atoms with van der Waals surface area (Å²) in [5, 5.41) is 15.2. The quantitative estimate of drug-likeness (QED) is 0.199. The summed E-state index contributed by atoms with van der Waals surface area (Å²) < 4.78 is 42.8. The van der Waals surface area contributed by atoms with Gasteiger partial charge < -0.3 is 14.2 Å². The zero-order valence-corrected chi connectivity index (χ0v) is 26.7. The van der Waals surface area contributed by atoms with E-state index in [2.05, 4.69) is 0 Å². The number of rotatable bonds is 8. The fourth-order valence-corrected chi connectivity index (χ4v) is 7.57. The molecule has 12 heteroatoms. The summed E-state index contributed by atoms with van der Waals surface area (Å²) in [5.74, 6) is -0.517. The van der Waals surface area contributed by atoms with E-state index >= 15 is 0 Å². The van der Waals surface area contributed by atoms with Gasteiger partial charge in [0.2, 0.25) is 0 Å². The first-order valence-electron chi connectivity index (χ1n) is 14.6. The van der Waals surface area contributed by atoms with E-state index < -0.39 is 27.7 Å². The van der Waals surface area contributed by atoms with Gasteiger partial charge in [0.25, 0.3) is 11.8 Å². The predicted molar refractivity (Wildman–Crippen MR) is 175 cm³/mol. The average Bonchev–Trinajstić information content (AvgIpc) is 3.68. The molecular weight excluding hydrogens is 620 g/mol. The second-order valence-corrected chi connectivity index (χ2v) is 13.2. The van der Waals surface area contributed by atoms with Gasteiger partial charge in [-0.3, -0.25) is 14.5 Å². The van der Waals surface area contributed by atoms with E-state index in [9.17, 15) is 23.3 Å². The maximum absolute atomic E-state index is 14.4. The lowest BCUT2D eigenvalue weighted by Crippen LogP contribution is -2.49. The summed E-state index contributed by atoms with van der Waals surface area (Å²) >= 11 is 0. The number of methoxy groups -OCH3 is 3. The minimum absolute atomic E-state index is 0.0463. The van der Waals surface area contributed by atoms with Crippen LogP contribution in [0.2, 0.25) is 0 Å². The molecule has 1 saturated heterocycles. The third kappa shape index (κ3) is 5.89. The average molecular weight is 651 g/mol. The van der Waals surface area contributed by atoms with Crippen molar-refractivity contribution < 1.29 is 32.2 Å². The van der Waals surface area contributed by atoms with Crippen molar-refractivity contribution >= 4 is 33.3 Å². The third-order valence-corrected chi connectivity index (χ3v) is 9.94. The second-order valence-electron chi connectivity index (χ2n) is 11.0. The third-order valence-electron chi connectivity index (χ3n) is 8.19. The number of amides is 2. The number of sulfone groups is 1. The number of nitriles is 1. The molecule has 11 nitrogen and oxygen atoms in total. The number of hydrogen-bond donors (Lipinski definition) is 0. The van der Waals surface area contributed by atoms with E-state index in [0.717, 1.165) is 10.6 Å². The van der Waals surface area contributed by atoms with Gasteiger partial charge in [-0.05, 0) is 60.5 Å². The van der Waals surface area contributed by atoms with Gasteiger partial charge in [0.1, 0.15) is 23.1 Å². The number of hydrogen-bond acceptors (Lipinski definition) is 9. The number of nitrogens with zero attached hydrogens (tertiary/aromatic N) is 4. The molecule has 1 atom stereocenters. The topological polar surface area (TPSA) is 141 Å². The molecular formula is C35H30N4O7S. The number of benzene rings is 3. The van der Waals surface area contributed by atoms with Crippen molar-refractivity contribution in [3.8, 4) is 40.3 Å². The highest BCUT2D eigenvalue weighted by Gasteiger charge is 2.45. The Morgan fingerprint density at radius 1 is 0.894 bits per heavy atom. The number of carbonyl (C=O) groups excluding carboxylic acids is 2. The van der Waals surface area contributed by atoms with Crippen LogP contribution in [0.25, 0.3) is 28.6 Å². The first kappa shape index (κ1) is 31.3. The standard InChI is InChI=1S/C35H30N4O7S/c1-44-27-12-9-22(10-13-27)32-28(34(40)39(35(41)29(32)19-36)26-15-16-47(42,43)21-26)17-24-20-38(25-7-5-4-6-8-25)37-33(24)23-11-14-30(45-2)31(18-23)46-3/h4-14,17-18,20,26H,15-16,21H2,1-3H3/b28-17-. The molecule has 0 spiro atoms. The Labute approximate surface area is 271 Å². The second kappa shape index (κ2) is 12.6. The molecule has 238 valence electrons. The van der Waals surface area contributed by atoms with Crippen molar-refractivity contribution in [2.24, 2.45) is 0 Å². The van der Waals surface area contributed by atoms with Gasteiger partial charge in [0.05, 0.1) is 50.1 Å². The van der Waals surface area contributed by atoms with Gasteiger partial charge >= 0.3 is 0 Å². The molecule has 6 rings (SSSR count). The summed E-state index contributed by atoms with van der Waals surface area (Å²) in [6.45, 7) is 0. The monoisotopic (exact) mass is 650 g/mol. The van der Waals surface area contributed by atoms with Crippen molar-refractivity contribution in [3.63, 3.8) is 0 Å². The molecule has 1 unspecified atom stereocenters. The van der Waals surface area contributed by atoms with Crippen LogP contribution in [0.5, 0.6) is 17.2 Å². The molecule has 0 radical (unpaired) electrons. The molecule has 3 aromatic carbocycles. The first-order chi connectivity index (χ1) is 22.7. The lowest BCUT2D eigenvalue weighted by Gasteiger charge is -2.32. The first-order valence-corrected chi connectivity index (χ1v) is 16.5. The van der Waals surface area contributed by atoms with Gasteiger partial charge in [-0.25, -0.2) is 13.1 Å². The molecule has 1 aromatic heterocycles. The van der Waals surface area contributed by atoms with E-state index in [4.69, 9.17) is 19.3 Å². The summed E-state index contributed by atoms with van der Waals surface area (Å²) in [7, 11) is 1.12. The van der Waals surface area contributed by atoms with Gasteiger partial charge in [-0.1, -0.05) is 30.3 Å². The van der Waals surface area contributed by atoms with Crippen LogP contribution in [0, 0.1) is 11.3 Å². The molecule has 2 amide bonds. The maximum atomic E-state index is 14.4. The van der Waals surface area contributed by atoms with Crippen molar-refractivity contribution in [1.29, 1.82) is 5.26 Å². The van der Waals surface area contributed by atoms with E-state index in [1.165, 1.54) is 21.3 Å². The van der Waals surface area contributed by atoms with Crippen molar-refractivity contribution in [3.05, 3.63) is 101 Å². The van der Waals surface area contributed by atoms with Crippen LogP contribution in [-0.2, 0) is 19.4 Å². The van der Waals surface area contributed by atoms with E-state index in [0.29, 0.717) is 39.6 Å². The van der Waals surface area contributed by atoms with Crippen LogP contribution in [0.15, 0.2) is 90.1 Å². The number of para-hydroxylation sites is 1. The van der Waals surface area contributed by atoms with Crippen molar-refractivity contribution in [2.45, 2.75) is 12.5 Å². The van der Waals surface area contributed by atoms with Crippen LogP contribution in [0.4, 0.5) is 0 Å². The fourth-order valence-electron chi connectivity index (χ4n) is 5.87. The Hall–Kier alpha value is -5.67. The van der Waals surface area contributed by atoms with Crippen molar-refractivity contribution in [2.75, 3.05) is 32.8 Å². The summed E-state index contributed by atoms with van der Waals surface area (Å²) in [5.41, 5.74) is 2.74. The number of imide groups is 1. The Morgan fingerprint density at radius 2 is 1.60 bits per heavy atom. The highest BCUT2D eigenvalue weighted by molar-refractivity contribution is 7.91. The Morgan fingerprint density at radius 3 is 2.21 bits per heavy atom. The van der Waals surface area contributed by atoms with E-state index in [1.54, 1.807) is 53.4 Å². The molecule has 3 heterocycles. The van der Waals surface area contributed by atoms with E-state index in [1.807, 2.05) is 42.5 Å². The molecule has 4 aromatic rings. The Bertz CT molecular complexity index is 2090. The molecule has 2 aliphatic rings. The zero-order chi connectivity index (χ0) is 33.3. The zero-order valence-electron chi connectivity index (χ0n) is 25.8. The minimum atomic E-state index is -3.46. The fraction of sp³-hybridized carbons (Fsp3) is 0.200. The highest BCUT2D eigenvalue weighted by atomic mass is 32.2. The highest BCUT2D eigenvalue weighted by Crippen LogP contribution is 2.40. The SMILES string of the molecule is COc1ccc(C2=C(C#N)C(=O)N(C3CCS(=O)(=O)C3)C(=O)/C2=C\c2cn(-c3ccccc3)nc2-c2ccc(OC)c(OC)c2)cc1. The minimum Gasteiger partial charge on any atom is -0.497 e. The molecule has 0 N–H and O–H groups in total. The molecule has 0 saturated carbocycles. The molecule has 1 fully saturated rings. The Balaban J connectivity index is 1.61. The lowest BCUT2D eigenvalue weighted by molar-refractivity contribution is -0.142. The van der Waals surface area contributed by atoms with E-state index in [-0.39, 0.29) is 34.6 Å². The number of carbonyl (C=O) groups is 2. The number of aromatic nitrogens is 2. The van der Waals surface area contributed by atoms with Crippen LogP contribution < -0.4 is 14.2 Å². The van der Waals surface area contributed by atoms with Crippen LogP contribution >= 0.6 is 0 Å². The van der Waals surface area contributed by atoms with Gasteiger partial charge in [-0.15, -0.1) is 0 Å². The van der Waals surface area contributed by atoms with Gasteiger partial charge in [0.15, 0.2) is 21.3 Å². The molecule has 2 aliphatic heterocycles. The molecule has 0 bridgehead atoms.